The van der Waals surface area contributed by atoms with Crippen LogP contribution >= 0.6 is 0 Å². The Morgan fingerprint density at radius 1 is 1.00 bits per heavy atom. The SMILES string of the molecule is COC[SiH](Cn1ccnc1)c1ccc(-c2ccccc2)cc1. The van der Waals surface area contributed by atoms with Crippen molar-refractivity contribution in [1.82, 2.24) is 9.55 Å². The molecule has 1 atom stereocenters. The molecule has 0 bridgehead atoms. The van der Waals surface area contributed by atoms with Crippen LogP contribution < -0.4 is 5.19 Å². The summed E-state index contributed by atoms with van der Waals surface area (Å²) in [6.07, 6.45) is 7.58. The molecule has 22 heavy (non-hydrogen) atoms. The summed E-state index contributed by atoms with van der Waals surface area (Å²) < 4.78 is 7.60. The molecule has 1 heterocycles. The second-order valence-electron chi connectivity index (χ2n) is 5.40. The standard InChI is InChI=1S/C18H20N2OSi/c1-21-15-22(14-20-12-11-19-13-20)18-9-7-17(8-10-18)16-5-3-2-4-6-16/h2-13,22H,14-15H2,1H3. The molecule has 3 rings (SSSR count). The van der Waals surface area contributed by atoms with Crippen molar-refractivity contribution in [2.45, 2.75) is 6.17 Å². The molecule has 0 spiro atoms. The Hall–Kier alpha value is -2.17. The molecule has 0 radical (unpaired) electrons. The fourth-order valence-electron chi connectivity index (χ4n) is 2.68. The topological polar surface area (TPSA) is 27.1 Å². The summed E-state index contributed by atoms with van der Waals surface area (Å²) in [5, 5.41) is 1.43. The number of aromatic nitrogens is 2. The summed E-state index contributed by atoms with van der Waals surface area (Å²) in [5.41, 5.74) is 2.52. The minimum atomic E-state index is -1.20. The van der Waals surface area contributed by atoms with Crippen molar-refractivity contribution in [3.05, 3.63) is 73.3 Å². The van der Waals surface area contributed by atoms with Gasteiger partial charge in [-0.25, -0.2) is 4.98 Å². The molecule has 3 aromatic rings. The minimum absolute atomic E-state index is 0.836. The van der Waals surface area contributed by atoms with E-state index in [1.165, 1.54) is 16.3 Å². The molecule has 0 saturated heterocycles. The molecule has 3 nitrogen and oxygen atoms in total. The molecule has 2 aromatic carbocycles. The molecule has 1 aromatic heterocycles. The van der Waals surface area contributed by atoms with Gasteiger partial charge in [0.05, 0.1) is 6.33 Å². The summed E-state index contributed by atoms with van der Waals surface area (Å²) in [7, 11) is 0.585. The third kappa shape index (κ3) is 3.53. The highest BCUT2D eigenvalue weighted by molar-refractivity contribution is 6.72. The van der Waals surface area contributed by atoms with Gasteiger partial charge < -0.3 is 9.30 Å². The van der Waals surface area contributed by atoms with Crippen molar-refractivity contribution in [1.29, 1.82) is 0 Å². The van der Waals surface area contributed by atoms with Crippen LogP contribution in [0.25, 0.3) is 11.1 Å². The van der Waals surface area contributed by atoms with Gasteiger partial charge in [0.2, 0.25) is 0 Å². The summed E-state index contributed by atoms with van der Waals surface area (Å²) in [6, 6.07) is 19.4. The summed E-state index contributed by atoms with van der Waals surface area (Å²) >= 11 is 0. The normalized spacial score (nSPS) is 12.2. The van der Waals surface area contributed by atoms with Crippen LogP contribution in [0, 0.1) is 0 Å². The molecule has 0 aliphatic rings. The van der Waals surface area contributed by atoms with Crippen LogP contribution in [0.1, 0.15) is 0 Å². The first kappa shape index (κ1) is 14.8. The molecular formula is C18H20N2OSi. The van der Waals surface area contributed by atoms with E-state index >= 15 is 0 Å². The Bertz CT molecular complexity index is 681. The van der Waals surface area contributed by atoms with Crippen LogP contribution in [-0.4, -0.2) is 31.7 Å². The van der Waals surface area contributed by atoms with Crippen LogP contribution in [0.5, 0.6) is 0 Å². The maximum Gasteiger partial charge on any atom is 0.121 e. The number of imidazole rings is 1. The fourth-order valence-corrected chi connectivity index (χ4v) is 5.06. The summed E-state index contributed by atoms with van der Waals surface area (Å²) in [5.74, 6) is 0. The van der Waals surface area contributed by atoms with E-state index < -0.39 is 8.80 Å². The Labute approximate surface area is 132 Å². The number of hydrogen-bond acceptors (Lipinski definition) is 2. The van der Waals surface area contributed by atoms with Crippen LogP contribution in [0.15, 0.2) is 73.3 Å². The number of benzene rings is 2. The van der Waals surface area contributed by atoms with Gasteiger partial charge >= 0.3 is 0 Å². The molecule has 0 saturated carbocycles. The Balaban J connectivity index is 1.80. The van der Waals surface area contributed by atoms with Crippen molar-refractivity contribution < 1.29 is 4.74 Å². The first-order valence-corrected chi connectivity index (χ1v) is 9.68. The first-order chi connectivity index (χ1) is 10.9. The number of nitrogens with zero attached hydrogens (tertiary/aromatic N) is 2. The number of ether oxygens (including phenoxy) is 1. The van der Waals surface area contributed by atoms with E-state index in [1.807, 2.05) is 24.8 Å². The van der Waals surface area contributed by atoms with E-state index in [0.717, 1.165) is 12.4 Å². The van der Waals surface area contributed by atoms with Crippen molar-refractivity contribution in [3.63, 3.8) is 0 Å². The highest BCUT2D eigenvalue weighted by Crippen LogP contribution is 2.17. The van der Waals surface area contributed by atoms with Crippen molar-refractivity contribution in [2.24, 2.45) is 0 Å². The quantitative estimate of drug-likeness (QED) is 0.654. The van der Waals surface area contributed by atoms with Crippen molar-refractivity contribution in [2.75, 3.05) is 13.3 Å². The zero-order valence-corrected chi connectivity index (χ0v) is 13.9. The summed E-state index contributed by atoms with van der Waals surface area (Å²) in [4.78, 5) is 4.13. The van der Waals surface area contributed by atoms with E-state index in [-0.39, 0.29) is 0 Å². The Morgan fingerprint density at radius 2 is 1.73 bits per heavy atom. The maximum atomic E-state index is 5.45. The van der Waals surface area contributed by atoms with Crippen LogP contribution in [0.3, 0.4) is 0 Å². The average molecular weight is 308 g/mol. The molecule has 4 heteroatoms. The minimum Gasteiger partial charge on any atom is -0.388 e. The van der Waals surface area contributed by atoms with E-state index in [4.69, 9.17) is 4.74 Å². The lowest BCUT2D eigenvalue weighted by atomic mass is 10.1. The van der Waals surface area contributed by atoms with E-state index in [9.17, 15) is 0 Å². The molecule has 0 N–H and O–H groups in total. The second-order valence-corrected chi connectivity index (χ2v) is 8.16. The van der Waals surface area contributed by atoms with E-state index in [2.05, 4.69) is 58.1 Å². The van der Waals surface area contributed by atoms with Crippen LogP contribution in [0.2, 0.25) is 0 Å². The van der Waals surface area contributed by atoms with Gasteiger partial charge in [0.1, 0.15) is 8.80 Å². The average Bonchev–Trinajstić information content (AvgIpc) is 3.09. The van der Waals surface area contributed by atoms with Crippen LogP contribution in [-0.2, 0) is 10.9 Å². The van der Waals surface area contributed by atoms with Gasteiger partial charge in [-0.1, -0.05) is 59.8 Å². The largest absolute Gasteiger partial charge is 0.388 e. The zero-order valence-electron chi connectivity index (χ0n) is 12.7. The Kier molecular flexibility index (Phi) is 4.83. The molecule has 1 unspecified atom stereocenters. The number of hydrogen-bond donors (Lipinski definition) is 0. The van der Waals surface area contributed by atoms with Gasteiger partial charge in [-0.15, -0.1) is 0 Å². The monoisotopic (exact) mass is 308 g/mol. The van der Waals surface area contributed by atoms with E-state index in [1.54, 1.807) is 7.11 Å². The first-order valence-electron chi connectivity index (χ1n) is 7.47. The zero-order chi connectivity index (χ0) is 15.2. The molecule has 112 valence electrons. The fraction of sp³-hybridized carbons (Fsp3) is 0.167. The molecule has 0 aliphatic carbocycles. The van der Waals surface area contributed by atoms with Gasteiger partial charge in [-0.2, -0.15) is 0 Å². The van der Waals surface area contributed by atoms with Gasteiger partial charge in [-0.05, 0) is 11.1 Å². The predicted octanol–water partition coefficient (Wildman–Crippen LogP) is 2.41. The third-order valence-corrected chi connectivity index (χ3v) is 6.77. The maximum absolute atomic E-state index is 5.45. The molecule has 0 aliphatic heterocycles. The molecule has 0 amide bonds. The van der Waals surface area contributed by atoms with Gasteiger partial charge in [0.15, 0.2) is 0 Å². The molecule has 0 fully saturated rings. The third-order valence-electron chi connectivity index (χ3n) is 3.85. The second kappa shape index (κ2) is 7.20. The van der Waals surface area contributed by atoms with Crippen molar-refractivity contribution >= 4 is 14.0 Å². The number of methoxy groups -OCH3 is 1. The van der Waals surface area contributed by atoms with Gasteiger partial charge in [0.25, 0.3) is 0 Å². The van der Waals surface area contributed by atoms with E-state index in [0.29, 0.717) is 0 Å². The van der Waals surface area contributed by atoms with Crippen LogP contribution in [0.4, 0.5) is 0 Å². The smallest absolute Gasteiger partial charge is 0.121 e. The van der Waals surface area contributed by atoms with Crippen molar-refractivity contribution in [3.8, 4) is 11.1 Å². The van der Waals surface area contributed by atoms with Gasteiger partial charge in [-0.3, -0.25) is 0 Å². The molecular weight excluding hydrogens is 288 g/mol. The summed E-state index contributed by atoms with van der Waals surface area (Å²) in [6.45, 7) is 0. The lowest BCUT2D eigenvalue weighted by Crippen LogP contribution is -2.39. The van der Waals surface area contributed by atoms with Gasteiger partial charge in [0, 0.05) is 31.9 Å². The predicted molar refractivity (Wildman–Crippen MR) is 92.8 cm³/mol. The highest BCUT2D eigenvalue weighted by Gasteiger charge is 2.14. The highest BCUT2D eigenvalue weighted by atomic mass is 28.3. The Morgan fingerprint density at radius 3 is 2.36 bits per heavy atom. The lowest BCUT2D eigenvalue weighted by molar-refractivity contribution is 0.249. The number of rotatable bonds is 6. The lowest BCUT2D eigenvalue weighted by Gasteiger charge is -2.16.